The number of anilines is 2. The van der Waals surface area contributed by atoms with Gasteiger partial charge in [-0.15, -0.1) is 0 Å². The Balaban J connectivity index is 1.65. The van der Waals surface area contributed by atoms with Crippen LogP contribution in [0.15, 0.2) is 78.9 Å². The van der Waals surface area contributed by atoms with Crippen LogP contribution in [0.3, 0.4) is 0 Å². The average Bonchev–Trinajstić information content (AvgIpc) is 2.90. The summed E-state index contributed by atoms with van der Waals surface area (Å²) in [4.78, 5) is 40.4. The molecule has 0 spiro atoms. The third-order valence-electron chi connectivity index (χ3n) is 6.16. The fraction of sp³-hybridized carbons (Fsp3) is 0.214. The summed E-state index contributed by atoms with van der Waals surface area (Å²) >= 11 is 5.47. The van der Waals surface area contributed by atoms with Crippen molar-refractivity contribution in [3.63, 3.8) is 0 Å². The van der Waals surface area contributed by atoms with Crippen molar-refractivity contribution >= 4 is 46.4 Å². The second-order valence-electron chi connectivity index (χ2n) is 9.22. The lowest BCUT2D eigenvalue weighted by Crippen LogP contribution is -2.65. The molecule has 0 bridgehead atoms. The Morgan fingerprint density at radius 2 is 1.64 bits per heavy atom. The standard InChI is InChI=1S/C28H25F3N4O3S/c1-17(2)18-11-13-21(14-12-18)32-26(38)23-16-24(36)34(22-10-6-9-20(15-22)28(29,30)31)27(39)35(23)33-25(37)19-7-4-3-5-8-19/h3-15,17,23H,16H2,1-2H3,(H,32,38)(H,33,37). The molecule has 1 atom stereocenters. The molecule has 0 radical (unpaired) electrons. The number of hydrogen-bond donors (Lipinski definition) is 2. The molecule has 0 aliphatic carbocycles. The Hall–Kier alpha value is -4.25. The molecule has 1 fully saturated rings. The minimum Gasteiger partial charge on any atom is -0.324 e. The molecule has 1 heterocycles. The largest absolute Gasteiger partial charge is 0.416 e. The van der Waals surface area contributed by atoms with E-state index >= 15 is 0 Å². The number of nitrogens with one attached hydrogen (secondary N) is 2. The van der Waals surface area contributed by atoms with Gasteiger partial charge in [0.15, 0.2) is 0 Å². The van der Waals surface area contributed by atoms with E-state index in [9.17, 15) is 27.6 Å². The van der Waals surface area contributed by atoms with Crippen molar-refractivity contribution in [3.05, 3.63) is 95.6 Å². The van der Waals surface area contributed by atoms with Gasteiger partial charge < -0.3 is 5.32 Å². The second kappa shape index (κ2) is 11.2. The van der Waals surface area contributed by atoms with Gasteiger partial charge in [0.25, 0.3) is 5.91 Å². The maximum atomic E-state index is 13.4. The summed E-state index contributed by atoms with van der Waals surface area (Å²) < 4.78 is 40.1. The van der Waals surface area contributed by atoms with E-state index in [1.54, 1.807) is 42.5 Å². The van der Waals surface area contributed by atoms with Crippen molar-refractivity contribution in [1.82, 2.24) is 10.4 Å². The molecule has 1 saturated heterocycles. The van der Waals surface area contributed by atoms with E-state index in [4.69, 9.17) is 12.2 Å². The van der Waals surface area contributed by atoms with E-state index in [0.29, 0.717) is 5.69 Å². The van der Waals surface area contributed by atoms with Gasteiger partial charge in [0.2, 0.25) is 16.9 Å². The number of hydrazine groups is 1. The summed E-state index contributed by atoms with van der Waals surface area (Å²) in [6, 6.07) is 18.1. The smallest absolute Gasteiger partial charge is 0.324 e. The number of halogens is 3. The predicted molar refractivity (Wildman–Crippen MR) is 145 cm³/mol. The first-order valence-corrected chi connectivity index (χ1v) is 12.5. The predicted octanol–water partition coefficient (Wildman–Crippen LogP) is 5.50. The summed E-state index contributed by atoms with van der Waals surface area (Å²) in [5, 5.41) is 3.44. The fourth-order valence-electron chi connectivity index (χ4n) is 4.05. The number of carbonyl (C=O) groups excluding carboxylic acids is 3. The van der Waals surface area contributed by atoms with Gasteiger partial charge in [-0.05, 0) is 66.2 Å². The zero-order chi connectivity index (χ0) is 28.3. The highest BCUT2D eigenvalue weighted by Crippen LogP contribution is 2.33. The molecule has 1 aliphatic heterocycles. The van der Waals surface area contributed by atoms with Crippen molar-refractivity contribution in [1.29, 1.82) is 0 Å². The van der Waals surface area contributed by atoms with Gasteiger partial charge in [-0.25, -0.2) is 5.01 Å². The molecule has 3 amide bonds. The Kier molecular flexibility index (Phi) is 8.01. The molecule has 3 aromatic carbocycles. The van der Waals surface area contributed by atoms with Crippen molar-refractivity contribution in [3.8, 4) is 0 Å². The molecule has 202 valence electrons. The molecule has 1 aliphatic rings. The lowest BCUT2D eigenvalue weighted by Gasteiger charge is -2.41. The van der Waals surface area contributed by atoms with Gasteiger partial charge in [0.05, 0.1) is 17.7 Å². The van der Waals surface area contributed by atoms with Crippen LogP contribution in [0.5, 0.6) is 0 Å². The number of rotatable bonds is 6. The molecule has 7 nitrogen and oxygen atoms in total. The molecule has 3 aromatic rings. The molecule has 39 heavy (non-hydrogen) atoms. The zero-order valence-electron chi connectivity index (χ0n) is 21.0. The average molecular weight is 555 g/mol. The van der Waals surface area contributed by atoms with E-state index in [2.05, 4.69) is 10.7 Å². The Morgan fingerprint density at radius 1 is 0.974 bits per heavy atom. The number of benzene rings is 3. The third-order valence-corrected chi connectivity index (χ3v) is 6.54. The maximum Gasteiger partial charge on any atom is 0.416 e. The van der Waals surface area contributed by atoms with Gasteiger partial charge in [-0.2, -0.15) is 13.2 Å². The number of hydrogen-bond acceptors (Lipinski definition) is 4. The molecule has 0 saturated carbocycles. The van der Waals surface area contributed by atoms with Crippen LogP contribution in [0.1, 0.15) is 47.7 Å². The summed E-state index contributed by atoms with van der Waals surface area (Å²) in [6.07, 6.45) is -5.10. The summed E-state index contributed by atoms with van der Waals surface area (Å²) in [5.41, 5.74) is 3.25. The van der Waals surface area contributed by atoms with Gasteiger partial charge in [0.1, 0.15) is 6.04 Å². The van der Waals surface area contributed by atoms with Crippen LogP contribution in [-0.4, -0.2) is 33.9 Å². The molecule has 1 unspecified atom stereocenters. The topological polar surface area (TPSA) is 81.8 Å². The summed E-state index contributed by atoms with van der Waals surface area (Å²) in [7, 11) is 0. The monoisotopic (exact) mass is 554 g/mol. The first-order chi connectivity index (χ1) is 18.5. The Bertz CT molecular complexity index is 1400. The minimum atomic E-state index is -4.65. The highest BCUT2D eigenvalue weighted by Gasteiger charge is 2.42. The molecule has 0 aromatic heterocycles. The van der Waals surface area contributed by atoms with Gasteiger partial charge >= 0.3 is 6.18 Å². The van der Waals surface area contributed by atoms with Gasteiger partial charge in [-0.3, -0.25) is 24.7 Å². The number of alkyl halides is 3. The van der Waals surface area contributed by atoms with Crippen molar-refractivity contribution in [2.24, 2.45) is 0 Å². The molecular formula is C28H25F3N4O3S. The van der Waals surface area contributed by atoms with E-state index in [1.807, 2.05) is 26.0 Å². The molecular weight excluding hydrogens is 529 g/mol. The maximum absolute atomic E-state index is 13.4. The van der Waals surface area contributed by atoms with E-state index < -0.39 is 41.9 Å². The second-order valence-corrected chi connectivity index (χ2v) is 9.59. The van der Waals surface area contributed by atoms with E-state index in [0.717, 1.165) is 33.7 Å². The van der Waals surface area contributed by atoms with Crippen LogP contribution < -0.4 is 15.6 Å². The van der Waals surface area contributed by atoms with Crippen molar-refractivity contribution in [2.45, 2.75) is 38.4 Å². The highest BCUT2D eigenvalue weighted by atomic mass is 32.1. The first-order valence-electron chi connectivity index (χ1n) is 12.1. The summed E-state index contributed by atoms with van der Waals surface area (Å²) in [6.45, 7) is 4.07. The number of carbonyl (C=O) groups is 3. The Morgan fingerprint density at radius 3 is 2.26 bits per heavy atom. The normalized spacial score (nSPS) is 15.9. The van der Waals surface area contributed by atoms with Crippen LogP contribution in [0, 0.1) is 0 Å². The zero-order valence-corrected chi connectivity index (χ0v) is 21.8. The summed E-state index contributed by atoms with van der Waals surface area (Å²) in [5.74, 6) is -1.65. The molecule has 4 rings (SSSR count). The minimum absolute atomic E-state index is 0.137. The van der Waals surface area contributed by atoms with Gasteiger partial charge in [0, 0.05) is 11.3 Å². The highest BCUT2D eigenvalue weighted by molar-refractivity contribution is 7.80. The number of nitrogens with zero attached hydrogens (tertiary/aromatic N) is 2. The van der Waals surface area contributed by atoms with Gasteiger partial charge in [-0.1, -0.05) is 50.2 Å². The lowest BCUT2D eigenvalue weighted by molar-refractivity contribution is -0.137. The SMILES string of the molecule is CC(C)c1ccc(NC(=O)C2CC(=O)N(c3cccc(C(F)(F)F)c3)C(=S)N2NC(=O)c2ccccc2)cc1. The van der Waals surface area contributed by atoms with Crippen LogP contribution >= 0.6 is 12.2 Å². The van der Waals surface area contributed by atoms with E-state index in [-0.39, 0.29) is 22.3 Å². The van der Waals surface area contributed by atoms with Crippen LogP contribution in [-0.2, 0) is 15.8 Å². The van der Waals surface area contributed by atoms with E-state index in [1.165, 1.54) is 6.07 Å². The first kappa shape index (κ1) is 27.8. The number of thiocarbonyl (C=S) groups is 1. The van der Waals surface area contributed by atoms with Crippen molar-refractivity contribution < 1.29 is 27.6 Å². The van der Waals surface area contributed by atoms with Crippen LogP contribution in [0.25, 0.3) is 0 Å². The quantitative estimate of drug-likeness (QED) is 0.393. The molecule has 11 heteroatoms. The number of amides is 3. The molecule has 2 N–H and O–H groups in total. The fourth-order valence-corrected chi connectivity index (χ4v) is 4.43. The van der Waals surface area contributed by atoms with Crippen LogP contribution in [0.4, 0.5) is 24.5 Å². The lowest BCUT2D eigenvalue weighted by atomic mass is 10.0. The van der Waals surface area contributed by atoms with Crippen LogP contribution in [0.2, 0.25) is 0 Å². The Labute approximate surface area is 228 Å². The van der Waals surface area contributed by atoms with Crippen molar-refractivity contribution in [2.75, 3.05) is 10.2 Å². The third kappa shape index (κ3) is 6.26.